The minimum Gasteiger partial charge on any atom is -0.458 e. The molecule has 1 saturated heterocycles. The van der Waals surface area contributed by atoms with Crippen LogP contribution >= 0.6 is 0 Å². The fourth-order valence-electron chi connectivity index (χ4n) is 4.76. The van der Waals surface area contributed by atoms with Crippen LogP contribution in [0.4, 0.5) is 0 Å². The van der Waals surface area contributed by atoms with Crippen molar-refractivity contribution in [3.63, 3.8) is 0 Å². The molecule has 7 nitrogen and oxygen atoms in total. The zero-order chi connectivity index (χ0) is 24.0. The Balaban J connectivity index is 2.12. The van der Waals surface area contributed by atoms with Gasteiger partial charge in [-0.3, -0.25) is 4.79 Å². The third-order valence-electron chi connectivity index (χ3n) is 6.83. The predicted molar refractivity (Wildman–Crippen MR) is 116 cm³/mol. The van der Waals surface area contributed by atoms with E-state index in [0.717, 1.165) is 11.1 Å². The van der Waals surface area contributed by atoms with Gasteiger partial charge in [0.2, 0.25) is 5.60 Å². The number of fused-ring (bicyclic) bond motifs is 3. The van der Waals surface area contributed by atoms with Crippen LogP contribution in [0, 0.1) is 11.8 Å². The molecular formula is C25H30O7. The molecule has 3 rings (SSSR count). The predicted octanol–water partition coefficient (Wildman–Crippen LogP) is 3.54. The maximum absolute atomic E-state index is 13.1. The third kappa shape index (κ3) is 3.74. The second kappa shape index (κ2) is 8.52. The Morgan fingerprint density at radius 2 is 1.69 bits per heavy atom. The van der Waals surface area contributed by atoms with E-state index in [0.29, 0.717) is 16.7 Å². The van der Waals surface area contributed by atoms with E-state index >= 15 is 0 Å². The van der Waals surface area contributed by atoms with Crippen molar-refractivity contribution in [3.05, 3.63) is 46.1 Å². The first kappa shape index (κ1) is 23.7. The molecule has 1 aliphatic heterocycles. The first-order valence-electron chi connectivity index (χ1n) is 10.8. The van der Waals surface area contributed by atoms with Crippen molar-refractivity contribution in [1.29, 1.82) is 0 Å². The Bertz CT molecular complexity index is 1010. The van der Waals surface area contributed by atoms with Gasteiger partial charge in [0, 0.05) is 29.1 Å². The molecule has 3 aliphatic rings. The molecule has 1 fully saturated rings. The number of esters is 3. The molecule has 7 heteroatoms. The number of ketones is 1. The van der Waals surface area contributed by atoms with E-state index in [4.69, 9.17) is 14.2 Å². The summed E-state index contributed by atoms with van der Waals surface area (Å²) in [6.45, 7) is 11.8. The molecule has 0 radical (unpaired) electrons. The summed E-state index contributed by atoms with van der Waals surface area (Å²) in [7, 11) is 0. The van der Waals surface area contributed by atoms with Gasteiger partial charge in [0.05, 0.1) is 5.92 Å². The lowest BCUT2D eigenvalue weighted by Gasteiger charge is -2.34. The first-order chi connectivity index (χ1) is 15.0. The number of carbonyl (C=O) groups excluding carboxylic acids is 4. The molecule has 0 amide bonds. The van der Waals surface area contributed by atoms with Gasteiger partial charge in [-0.2, -0.15) is 0 Å². The second-order valence-corrected chi connectivity index (χ2v) is 8.91. The molecule has 32 heavy (non-hydrogen) atoms. The van der Waals surface area contributed by atoms with E-state index in [2.05, 4.69) is 0 Å². The van der Waals surface area contributed by atoms with Crippen LogP contribution in [-0.4, -0.2) is 41.5 Å². The van der Waals surface area contributed by atoms with Crippen molar-refractivity contribution in [2.75, 3.05) is 0 Å². The smallest absolute Gasteiger partial charge is 0.351 e. The molecule has 0 bridgehead atoms. The largest absolute Gasteiger partial charge is 0.458 e. The maximum atomic E-state index is 13.1. The zero-order valence-corrected chi connectivity index (χ0v) is 19.6. The van der Waals surface area contributed by atoms with Gasteiger partial charge in [0.25, 0.3) is 0 Å². The SMILES string of the molecule is C/C=C(/C)C(=O)O[C@@H]1CC(C)=C2C(=O)C=C(C)[C@@H]2[C@H]2OC(=O)[C@](C)(OC(=O)/C(C)=C\C)[C@@H]21. The van der Waals surface area contributed by atoms with Gasteiger partial charge in [-0.1, -0.05) is 23.3 Å². The monoisotopic (exact) mass is 442 g/mol. The molecular weight excluding hydrogens is 412 g/mol. The molecule has 0 aromatic heterocycles. The van der Waals surface area contributed by atoms with Gasteiger partial charge in [-0.05, 0) is 54.5 Å². The standard InChI is InChI=1S/C25H30O7/c1-8-12(3)22(27)30-17-11-15(6)18-16(26)10-14(5)19(18)21-20(17)25(7,24(29)31-21)32-23(28)13(4)9-2/h8-10,17,19-21H,11H2,1-7H3/b12-8-,13-9-/t17-,19+,20-,21-,25-/m1/s1. The molecule has 0 unspecified atom stereocenters. The van der Waals surface area contributed by atoms with Gasteiger partial charge >= 0.3 is 17.9 Å². The molecule has 172 valence electrons. The molecule has 1 heterocycles. The Morgan fingerprint density at radius 1 is 1.09 bits per heavy atom. The van der Waals surface area contributed by atoms with E-state index in [-0.39, 0.29) is 12.2 Å². The fraction of sp³-hybridized carbons (Fsp3) is 0.520. The Morgan fingerprint density at radius 3 is 2.28 bits per heavy atom. The minimum absolute atomic E-state index is 0.133. The van der Waals surface area contributed by atoms with Crippen molar-refractivity contribution in [3.8, 4) is 0 Å². The molecule has 2 aliphatic carbocycles. The van der Waals surface area contributed by atoms with Crippen molar-refractivity contribution in [2.45, 2.75) is 72.7 Å². The van der Waals surface area contributed by atoms with Crippen LogP contribution in [0.5, 0.6) is 0 Å². The van der Waals surface area contributed by atoms with Crippen molar-refractivity contribution < 1.29 is 33.4 Å². The normalized spacial score (nSPS) is 32.7. The number of ether oxygens (including phenoxy) is 3. The van der Waals surface area contributed by atoms with Crippen LogP contribution in [-0.2, 0) is 33.4 Å². The van der Waals surface area contributed by atoms with Gasteiger partial charge < -0.3 is 14.2 Å². The number of hydrogen-bond acceptors (Lipinski definition) is 7. The van der Waals surface area contributed by atoms with Crippen LogP contribution in [0.1, 0.15) is 54.9 Å². The number of allylic oxidation sites excluding steroid dienone is 3. The number of carbonyl (C=O) groups is 4. The van der Waals surface area contributed by atoms with Crippen LogP contribution in [0.25, 0.3) is 0 Å². The lowest BCUT2D eigenvalue weighted by molar-refractivity contribution is -0.175. The fourth-order valence-corrected chi connectivity index (χ4v) is 4.76. The second-order valence-electron chi connectivity index (χ2n) is 8.91. The minimum atomic E-state index is -1.68. The van der Waals surface area contributed by atoms with Gasteiger partial charge in [0.15, 0.2) is 5.78 Å². The van der Waals surface area contributed by atoms with Gasteiger partial charge in [0.1, 0.15) is 12.2 Å². The lowest BCUT2D eigenvalue weighted by Crippen LogP contribution is -2.50. The highest BCUT2D eigenvalue weighted by atomic mass is 16.6. The van der Waals surface area contributed by atoms with Crippen LogP contribution < -0.4 is 0 Å². The summed E-state index contributed by atoms with van der Waals surface area (Å²) < 4.78 is 17.4. The van der Waals surface area contributed by atoms with Crippen molar-refractivity contribution in [2.24, 2.45) is 11.8 Å². The van der Waals surface area contributed by atoms with Crippen LogP contribution in [0.2, 0.25) is 0 Å². The molecule has 0 saturated carbocycles. The highest BCUT2D eigenvalue weighted by Gasteiger charge is 2.65. The maximum Gasteiger partial charge on any atom is 0.351 e. The van der Waals surface area contributed by atoms with Crippen LogP contribution in [0.3, 0.4) is 0 Å². The number of rotatable bonds is 4. The van der Waals surface area contributed by atoms with E-state index in [1.807, 2.05) is 13.8 Å². The van der Waals surface area contributed by atoms with Crippen molar-refractivity contribution >= 4 is 23.7 Å². The summed E-state index contributed by atoms with van der Waals surface area (Å²) in [5.41, 5.74) is 1.18. The molecule has 0 N–H and O–H groups in total. The summed E-state index contributed by atoms with van der Waals surface area (Å²) in [5, 5.41) is 0. The Hall–Kier alpha value is -2.96. The quantitative estimate of drug-likeness (QED) is 0.373. The summed E-state index contributed by atoms with van der Waals surface area (Å²) in [4.78, 5) is 51.1. The van der Waals surface area contributed by atoms with Gasteiger partial charge in [-0.15, -0.1) is 0 Å². The molecule has 0 aromatic rings. The summed E-state index contributed by atoms with van der Waals surface area (Å²) >= 11 is 0. The van der Waals surface area contributed by atoms with Gasteiger partial charge in [-0.25, -0.2) is 14.4 Å². The highest BCUT2D eigenvalue weighted by molar-refractivity contribution is 6.09. The van der Waals surface area contributed by atoms with E-state index < -0.39 is 47.6 Å². The molecule has 0 aromatic carbocycles. The number of hydrogen-bond donors (Lipinski definition) is 0. The Kier molecular flexibility index (Phi) is 6.31. The molecule has 5 atom stereocenters. The van der Waals surface area contributed by atoms with E-state index in [1.54, 1.807) is 45.9 Å². The van der Waals surface area contributed by atoms with Crippen LogP contribution in [0.15, 0.2) is 46.1 Å². The Labute approximate surface area is 188 Å². The van der Waals surface area contributed by atoms with Crippen molar-refractivity contribution in [1.82, 2.24) is 0 Å². The van der Waals surface area contributed by atoms with E-state index in [9.17, 15) is 19.2 Å². The average molecular weight is 443 g/mol. The zero-order valence-electron chi connectivity index (χ0n) is 19.6. The summed E-state index contributed by atoms with van der Waals surface area (Å²) in [6, 6.07) is 0. The summed E-state index contributed by atoms with van der Waals surface area (Å²) in [6.07, 6.45) is 3.39. The first-order valence-corrected chi connectivity index (χ1v) is 10.8. The highest BCUT2D eigenvalue weighted by Crippen LogP contribution is 2.51. The lowest BCUT2D eigenvalue weighted by atomic mass is 9.77. The topological polar surface area (TPSA) is 96.0 Å². The third-order valence-corrected chi connectivity index (χ3v) is 6.83. The molecule has 0 spiro atoms. The van der Waals surface area contributed by atoms with E-state index in [1.165, 1.54) is 6.92 Å². The average Bonchev–Trinajstić information content (AvgIpc) is 3.12. The summed E-state index contributed by atoms with van der Waals surface area (Å²) in [5.74, 6) is -3.27.